The second-order valence-electron chi connectivity index (χ2n) is 6.31. The van der Waals surface area contributed by atoms with Crippen LogP contribution in [0.5, 0.6) is 0 Å². The molecular formula is C22H15NO5S. The van der Waals surface area contributed by atoms with E-state index in [1.54, 1.807) is 30.3 Å². The second kappa shape index (κ2) is 7.81. The number of benzene rings is 2. The molecule has 4 rings (SSSR count). The number of rotatable bonds is 5. The molecule has 1 saturated heterocycles. The van der Waals surface area contributed by atoms with Gasteiger partial charge in [0.1, 0.15) is 11.5 Å². The summed E-state index contributed by atoms with van der Waals surface area (Å²) in [6.07, 6.45) is 1.50. The van der Waals surface area contributed by atoms with Gasteiger partial charge in [-0.3, -0.25) is 14.5 Å². The van der Waals surface area contributed by atoms with Crippen molar-refractivity contribution in [2.45, 2.75) is 6.54 Å². The number of hydrogen-bond donors (Lipinski definition) is 1. The number of carboxylic acid groups (broad SMARTS) is 1. The molecule has 0 aliphatic carbocycles. The van der Waals surface area contributed by atoms with Crippen molar-refractivity contribution in [2.24, 2.45) is 0 Å². The first-order valence-electron chi connectivity index (χ1n) is 8.75. The van der Waals surface area contributed by atoms with Gasteiger partial charge in [-0.25, -0.2) is 4.79 Å². The fourth-order valence-corrected chi connectivity index (χ4v) is 3.81. The van der Waals surface area contributed by atoms with Crippen LogP contribution in [0.1, 0.15) is 21.7 Å². The Labute approximate surface area is 170 Å². The lowest BCUT2D eigenvalue weighted by molar-refractivity contribution is -0.123. The molecule has 3 aromatic rings. The Bertz CT molecular complexity index is 1130. The van der Waals surface area contributed by atoms with Gasteiger partial charge in [0.25, 0.3) is 11.1 Å². The highest BCUT2D eigenvalue weighted by Gasteiger charge is 2.35. The summed E-state index contributed by atoms with van der Waals surface area (Å²) in [7, 11) is 0. The third-order valence-electron chi connectivity index (χ3n) is 4.38. The summed E-state index contributed by atoms with van der Waals surface area (Å²) in [5, 5.41) is 8.99. The van der Waals surface area contributed by atoms with Crippen molar-refractivity contribution in [1.82, 2.24) is 4.90 Å². The molecule has 1 aliphatic rings. The number of furan rings is 1. The van der Waals surface area contributed by atoms with E-state index in [-0.39, 0.29) is 28.2 Å². The zero-order valence-electron chi connectivity index (χ0n) is 15.1. The van der Waals surface area contributed by atoms with E-state index in [1.807, 2.05) is 30.3 Å². The number of hydrogen-bond acceptors (Lipinski definition) is 5. The molecule has 6 nitrogen and oxygen atoms in total. The van der Waals surface area contributed by atoms with Crippen molar-refractivity contribution in [3.8, 4) is 11.3 Å². The molecule has 29 heavy (non-hydrogen) atoms. The maximum Gasteiger partial charge on any atom is 0.336 e. The molecule has 1 N–H and O–H groups in total. The van der Waals surface area contributed by atoms with Crippen LogP contribution in [0.2, 0.25) is 0 Å². The van der Waals surface area contributed by atoms with Crippen LogP contribution in [-0.2, 0) is 11.3 Å². The first kappa shape index (κ1) is 18.8. The number of aromatic carboxylic acids is 1. The largest absolute Gasteiger partial charge is 0.478 e. The molecule has 0 bridgehead atoms. The summed E-state index contributed by atoms with van der Waals surface area (Å²) < 4.78 is 5.72. The summed E-state index contributed by atoms with van der Waals surface area (Å²) in [6, 6.07) is 19.1. The molecule has 2 amide bonds. The van der Waals surface area contributed by atoms with Gasteiger partial charge in [0.2, 0.25) is 0 Å². The molecule has 0 atom stereocenters. The van der Waals surface area contributed by atoms with Gasteiger partial charge < -0.3 is 9.52 Å². The zero-order chi connectivity index (χ0) is 20.4. The smallest absolute Gasteiger partial charge is 0.336 e. The Morgan fingerprint density at radius 3 is 2.48 bits per heavy atom. The van der Waals surface area contributed by atoms with Gasteiger partial charge in [-0.2, -0.15) is 0 Å². The number of carboxylic acids is 1. The molecule has 1 aliphatic heterocycles. The maximum absolute atomic E-state index is 12.6. The summed E-state index contributed by atoms with van der Waals surface area (Å²) >= 11 is 0.853. The highest BCUT2D eigenvalue weighted by atomic mass is 32.2. The van der Waals surface area contributed by atoms with Crippen LogP contribution in [0.3, 0.4) is 0 Å². The fourth-order valence-electron chi connectivity index (χ4n) is 2.99. The van der Waals surface area contributed by atoms with E-state index >= 15 is 0 Å². The van der Waals surface area contributed by atoms with Gasteiger partial charge in [-0.1, -0.05) is 48.5 Å². The lowest BCUT2D eigenvalue weighted by Gasteiger charge is -2.11. The van der Waals surface area contributed by atoms with Crippen molar-refractivity contribution < 1.29 is 23.9 Å². The molecule has 0 spiro atoms. The highest BCUT2D eigenvalue weighted by molar-refractivity contribution is 8.18. The molecular weight excluding hydrogens is 390 g/mol. The molecule has 0 unspecified atom stereocenters. The van der Waals surface area contributed by atoms with E-state index < -0.39 is 5.97 Å². The standard InChI is InChI=1S/C22H15NO5S/c24-20-19(29-22(27)23(20)13-14-6-2-1-3-7-14)12-15-10-11-18(28-15)16-8-4-5-9-17(16)21(25)26/h1-12H,13H2,(H,25,26)/b19-12-. The average molecular weight is 405 g/mol. The summed E-state index contributed by atoms with van der Waals surface area (Å²) in [6.45, 7) is 0.207. The number of imide groups is 1. The zero-order valence-corrected chi connectivity index (χ0v) is 15.9. The molecule has 2 aromatic carbocycles. The van der Waals surface area contributed by atoms with Crippen LogP contribution in [0.25, 0.3) is 17.4 Å². The van der Waals surface area contributed by atoms with E-state index in [4.69, 9.17) is 4.42 Å². The molecule has 144 valence electrons. The number of amides is 2. The van der Waals surface area contributed by atoms with Crippen molar-refractivity contribution in [3.05, 3.63) is 88.5 Å². The Balaban J connectivity index is 1.57. The predicted molar refractivity (Wildman–Crippen MR) is 109 cm³/mol. The molecule has 1 aromatic heterocycles. The summed E-state index contributed by atoms with van der Waals surface area (Å²) in [5.41, 5.74) is 1.43. The lowest BCUT2D eigenvalue weighted by Crippen LogP contribution is -2.27. The highest BCUT2D eigenvalue weighted by Crippen LogP contribution is 2.34. The quantitative estimate of drug-likeness (QED) is 0.609. The Morgan fingerprint density at radius 1 is 1.00 bits per heavy atom. The molecule has 0 radical (unpaired) electrons. The number of carbonyl (C=O) groups excluding carboxylic acids is 2. The van der Waals surface area contributed by atoms with Gasteiger partial charge in [0.05, 0.1) is 17.0 Å². The monoisotopic (exact) mass is 405 g/mol. The van der Waals surface area contributed by atoms with Crippen molar-refractivity contribution in [2.75, 3.05) is 0 Å². The fraction of sp³-hybridized carbons (Fsp3) is 0.0455. The minimum atomic E-state index is -1.06. The Morgan fingerprint density at radius 2 is 1.72 bits per heavy atom. The molecule has 1 fully saturated rings. The minimum absolute atomic E-state index is 0.122. The van der Waals surface area contributed by atoms with E-state index in [1.165, 1.54) is 17.0 Å². The molecule has 2 heterocycles. The third-order valence-corrected chi connectivity index (χ3v) is 5.29. The van der Waals surface area contributed by atoms with Crippen LogP contribution in [0, 0.1) is 0 Å². The lowest BCUT2D eigenvalue weighted by atomic mass is 10.1. The van der Waals surface area contributed by atoms with E-state index in [0.29, 0.717) is 17.1 Å². The average Bonchev–Trinajstić information content (AvgIpc) is 3.29. The van der Waals surface area contributed by atoms with Crippen molar-refractivity contribution in [3.63, 3.8) is 0 Å². The molecule has 0 saturated carbocycles. The predicted octanol–water partition coefficient (Wildman–Crippen LogP) is 4.88. The topological polar surface area (TPSA) is 87.8 Å². The number of thioether (sulfide) groups is 1. The molecule has 7 heteroatoms. The SMILES string of the molecule is O=C(O)c1ccccc1-c1ccc(/C=C2\SC(=O)N(Cc3ccccc3)C2=O)o1. The van der Waals surface area contributed by atoms with Crippen LogP contribution in [-0.4, -0.2) is 27.1 Å². The van der Waals surface area contributed by atoms with Crippen LogP contribution < -0.4 is 0 Å². The van der Waals surface area contributed by atoms with Crippen molar-refractivity contribution in [1.29, 1.82) is 0 Å². The summed E-state index contributed by atoms with van der Waals surface area (Å²) in [4.78, 5) is 37.8. The van der Waals surface area contributed by atoms with Gasteiger partial charge in [-0.05, 0) is 35.5 Å². The van der Waals surface area contributed by atoms with Crippen LogP contribution >= 0.6 is 11.8 Å². The first-order valence-corrected chi connectivity index (χ1v) is 9.56. The third kappa shape index (κ3) is 3.86. The maximum atomic E-state index is 12.6. The summed E-state index contributed by atoms with van der Waals surface area (Å²) in [5.74, 6) is -0.698. The van der Waals surface area contributed by atoms with E-state index in [0.717, 1.165) is 17.3 Å². The Hall–Kier alpha value is -3.58. The van der Waals surface area contributed by atoms with Gasteiger partial charge in [0, 0.05) is 11.6 Å². The second-order valence-corrected chi connectivity index (χ2v) is 7.30. The van der Waals surface area contributed by atoms with Gasteiger partial charge >= 0.3 is 5.97 Å². The Kier molecular flexibility index (Phi) is 5.05. The van der Waals surface area contributed by atoms with Crippen LogP contribution in [0.4, 0.5) is 4.79 Å². The normalized spacial score (nSPS) is 15.3. The van der Waals surface area contributed by atoms with E-state index in [2.05, 4.69) is 0 Å². The van der Waals surface area contributed by atoms with E-state index in [9.17, 15) is 19.5 Å². The minimum Gasteiger partial charge on any atom is -0.478 e. The van der Waals surface area contributed by atoms with Gasteiger partial charge in [0.15, 0.2) is 0 Å². The van der Waals surface area contributed by atoms with Crippen molar-refractivity contribution >= 4 is 35.0 Å². The van der Waals surface area contributed by atoms with Crippen LogP contribution in [0.15, 0.2) is 76.1 Å². The van der Waals surface area contributed by atoms with Gasteiger partial charge in [-0.15, -0.1) is 0 Å². The number of carbonyl (C=O) groups is 3. The first-order chi connectivity index (χ1) is 14.0. The number of nitrogens with zero attached hydrogens (tertiary/aromatic N) is 1.